The van der Waals surface area contributed by atoms with Crippen LogP contribution in [0.4, 0.5) is 34.3 Å². The molecule has 6 aromatic rings. The van der Waals surface area contributed by atoms with Crippen LogP contribution in [0.15, 0.2) is 118 Å². The van der Waals surface area contributed by atoms with Gasteiger partial charge in [-0.1, -0.05) is 34.7 Å². The smallest absolute Gasteiger partial charge is 0.141 e. The minimum atomic E-state index is 0.474. The number of hydrogen-bond acceptors (Lipinski definition) is 11. The van der Waals surface area contributed by atoms with Crippen LogP contribution in [0.3, 0.4) is 0 Å². The zero-order valence-corrected chi connectivity index (χ0v) is 27.9. The lowest BCUT2D eigenvalue weighted by molar-refractivity contribution is 0.0924. The van der Waals surface area contributed by atoms with Crippen molar-refractivity contribution in [1.29, 1.82) is 0 Å². The first kappa shape index (κ1) is 32.8. The molecule has 0 atom stereocenters. The topological polar surface area (TPSA) is 141 Å². The summed E-state index contributed by atoms with van der Waals surface area (Å²) in [7, 11) is 3.72. The van der Waals surface area contributed by atoms with Crippen LogP contribution in [-0.2, 0) is 4.74 Å². The largest absolute Gasteiger partial charge is 0.378 e. The fourth-order valence-electron chi connectivity index (χ4n) is 5.03. The Bertz CT molecular complexity index is 2100. The summed E-state index contributed by atoms with van der Waals surface area (Å²) in [6.45, 7) is 6.19. The molecule has 2 heterocycles. The molecule has 4 aromatic carbocycles. The van der Waals surface area contributed by atoms with Crippen LogP contribution in [-0.4, -0.2) is 70.4 Å². The number of rotatable bonds is 14. The van der Waals surface area contributed by atoms with Gasteiger partial charge >= 0.3 is 0 Å². The van der Waals surface area contributed by atoms with Crippen molar-refractivity contribution in [1.82, 2.24) is 30.0 Å². The zero-order chi connectivity index (χ0) is 34.0. The summed E-state index contributed by atoms with van der Waals surface area (Å²) in [4.78, 5) is 17.5. The lowest BCUT2D eigenvalue weighted by Crippen LogP contribution is -2.21. The molecular formula is C36H38N12O. The molecule has 49 heavy (non-hydrogen) atoms. The second kappa shape index (κ2) is 15.7. The van der Waals surface area contributed by atoms with Gasteiger partial charge in [0.15, 0.2) is 0 Å². The van der Waals surface area contributed by atoms with E-state index in [-0.39, 0.29) is 0 Å². The van der Waals surface area contributed by atoms with Gasteiger partial charge in [0.05, 0.1) is 48.7 Å². The van der Waals surface area contributed by atoms with Crippen LogP contribution in [0, 0.1) is 13.8 Å². The second-order valence-electron chi connectivity index (χ2n) is 11.6. The third-order valence-electron chi connectivity index (χ3n) is 7.59. The number of likely N-dealkylation sites (N-methyl/N-ethyl adjacent to an activating group) is 2. The Hall–Kier alpha value is -6.08. The van der Waals surface area contributed by atoms with E-state index >= 15 is 0 Å². The first-order chi connectivity index (χ1) is 23.9. The lowest BCUT2D eigenvalue weighted by atomic mass is 10.1. The van der Waals surface area contributed by atoms with Crippen LogP contribution < -0.4 is 10.6 Å². The maximum Gasteiger partial charge on any atom is 0.141 e. The molecule has 0 bridgehead atoms. The normalized spacial score (nSPS) is 11.5. The predicted octanol–water partition coefficient (Wildman–Crippen LogP) is 8.25. The number of aromatic nitrogens is 4. The average Bonchev–Trinajstić information content (AvgIpc) is 3.10. The summed E-state index contributed by atoms with van der Waals surface area (Å²) in [5, 5.41) is 29.8. The van der Waals surface area contributed by atoms with E-state index in [1.807, 2.05) is 68.7 Å². The van der Waals surface area contributed by atoms with Crippen molar-refractivity contribution in [3.8, 4) is 0 Å². The maximum atomic E-state index is 5.85. The SMILES string of the molecule is Cc1cccc(Nc2ncnc3ccc(/N=N/N(C)CCOCCN(C)/N=N\c4ccc5ncncc5c4Nc4cccc(C)c4)cc23)c1. The molecule has 0 aliphatic rings. The quantitative estimate of drug-likeness (QED) is 0.0674. The minimum Gasteiger partial charge on any atom is -0.378 e. The molecule has 2 aromatic heterocycles. The van der Waals surface area contributed by atoms with Gasteiger partial charge in [-0.3, -0.25) is 10.0 Å². The van der Waals surface area contributed by atoms with E-state index in [1.165, 1.54) is 6.33 Å². The van der Waals surface area contributed by atoms with Crippen molar-refractivity contribution in [3.63, 3.8) is 0 Å². The molecule has 0 amide bonds. The van der Waals surface area contributed by atoms with E-state index in [2.05, 4.69) is 89.4 Å². The van der Waals surface area contributed by atoms with Gasteiger partial charge in [0, 0.05) is 42.4 Å². The van der Waals surface area contributed by atoms with Crippen molar-refractivity contribution >= 4 is 56.1 Å². The molecule has 0 aliphatic heterocycles. The highest BCUT2D eigenvalue weighted by molar-refractivity contribution is 5.98. The second-order valence-corrected chi connectivity index (χ2v) is 11.6. The number of anilines is 4. The molecule has 0 fully saturated rings. The third-order valence-corrected chi connectivity index (χ3v) is 7.59. The van der Waals surface area contributed by atoms with Crippen molar-refractivity contribution in [2.24, 2.45) is 20.7 Å². The van der Waals surface area contributed by atoms with Crippen molar-refractivity contribution in [3.05, 3.63) is 109 Å². The minimum absolute atomic E-state index is 0.474. The molecule has 0 spiro atoms. The van der Waals surface area contributed by atoms with Gasteiger partial charge in [0.1, 0.15) is 24.2 Å². The molecule has 0 saturated heterocycles. The van der Waals surface area contributed by atoms with Gasteiger partial charge in [-0.2, -0.15) is 0 Å². The summed E-state index contributed by atoms with van der Waals surface area (Å²) >= 11 is 0. The fourth-order valence-corrected chi connectivity index (χ4v) is 5.03. The van der Waals surface area contributed by atoms with E-state index < -0.39 is 0 Å². The molecule has 248 valence electrons. The number of aryl methyl sites for hydroxylation is 2. The average molecular weight is 655 g/mol. The van der Waals surface area contributed by atoms with Gasteiger partial charge in [-0.25, -0.2) is 19.9 Å². The van der Waals surface area contributed by atoms with Crippen molar-refractivity contribution < 1.29 is 4.74 Å². The maximum absolute atomic E-state index is 5.85. The number of nitrogens with one attached hydrogen (secondary N) is 2. The fraction of sp³-hybridized carbons (Fsp3) is 0.222. The lowest BCUT2D eigenvalue weighted by Gasteiger charge is -2.15. The highest BCUT2D eigenvalue weighted by Crippen LogP contribution is 2.35. The summed E-state index contributed by atoms with van der Waals surface area (Å²) in [6, 6.07) is 25.8. The van der Waals surface area contributed by atoms with Gasteiger partial charge < -0.3 is 15.4 Å². The first-order valence-corrected chi connectivity index (χ1v) is 15.9. The van der Waals surface area contributed by atoms with E-state index in [0.29, 0.717) is 43.5 Å². The van der Waals surface area contributed by atoms with E-state index in [4.69, 9.17) is 4.74 Å². The molecule has 0 radical (unpaired) electrons. The number of fused-ring (bicyclic) bond motifs is 2. The van der Waals surface area contributed by atoms with E-state index in [0.717, 1.165) is 50.0 Å². The monoisotopic (exact) mass is 654 g/mol. The zero-order valence-electron chi connectivity index (χ0n) is 27.9. The number of nitrogens with zero attached hydrogens (tertiary/aromatic N) is 10. The van der Waals surface area contributed by atoms with Gasteiger partial charge in [0.25, 0.3) is 0 Å². The Morgan fingerprint density at radius 3 is 2.06 bits per heavy atom. The van der Waals surface area contributed by atoms with Crippen LogP contribution in [0.2, 0.25) is 0 Å². The standard InChI is InChI=1S/C36H38N12O/c1-25-7-5-9-27(19-25)41-35-31-22-37-23-38-33(31)13-14-34(35)44-46-48(4)16-18-49-17-15-47(3)45-43-29-11-12-32-30(21-29)36(40-24-39-32)42-28-10-6-8-26(2)20-28/h5-14,19-24,41H,15-18H2,1-4H3,(H,39,40,42)/b45-43+,46-44-. The summed E-state index contributed by atoms with van der Waals surface area (Å²) in [6.07, 6.45) is 4.87. The molecule has 6 rings (SSSR count). The van der Waals surface area contributed by atoms with E-state index in [1.54, 1.807) is 22.5 Å². The van der Waals surface area contributed by atoms with Gasteiger partial charge in [-0.05, 0) is 79.6 Å². The van der Waals surface area contributed by atoms with Crippen molar-refractivity contribution in [2.45, 2.75) is 13.8 Å². The van der Waals surface area contributed by atoms with Gasteiger partial charge in [-0.15, -0.1) is 10.2 Å². The highest BCUT2D eigenvalue weighted by atomic mass is 16.5. The number of ether oxygens (including phenoxy) is 1. The number of benzene rings is 4. The highest BCUT2D eigenvalue weighted by Gasteiger charge is 2.10. The van der Waals surface area contributed by atoms with Gasteiger partial charge in [0.2, 0.25) is 0 Å². The summed E-state index contributed by atoms with van der Waals surface area (Å²) in [5.74, 6) is 0.713. The first-order valence-electron chi connectivity index (χ1n) is 15.9. The van der Waals surface area contributed by atoms with Crippen LogP contribution >= 0.6 is 0 Å². The van der Waals surface area contributed by atoms with Crippen LogP contribution in [0.1, 0.15) is 11.1 Å². The molecule has 0 aliphatic carbocycles. The molecule has 13 nitrogen and oxygen atoms in total. The van der Waals surface area contributed by atoms with Crippen LogP contribution in [0.5, 0.6) is 0 Å². The molecule has 2 N–H and O–H groups in total. The Balaban J connectivity index is 0.993. The third kappa shape index (κ3) is 8.84. The Kier molecular flexibility index (Phi) is 10.5. The molecule has 0 unspecified atom stereocenters. The number of hydrogen-bond donors (Lipinski definition) is 2. The van der Waals surface area contributed by atoms with Crippen LogP contribution in [0.25, 0.3) is 21.8 Å². The van der Waals surface area contributed by atoms with Crippen molar-refractivity contribution in [2.75, 3.05) is 51.0 Å². The van der Waals surface area contributed by atoms with E-state index in [9.17, 15) is 0 Å². The summed E-state index contributed by atoms with van der Waals surface area (Å²) < 4.78 is 5.85. The molecule has 13 heteroatoms. The Morgan fingerprint density at radius 2 is 1.33 bits per heavy atom. The summed E-state index contributed by atoms with van der Waals surface area (Å²) in [5.41, 5.74) is 8.05. The Labute approximate surface area is 284 Å². The predicted molar refractivity (Wildman–Crippen MR) is 193 cm³/mol. The molecule has 0 saturated carbocycles. The Morgan fingerprint density at radius 1 is 0.673 bits per heavy atom. The molecular weight excluding hydrogens is 616 g/mol.